The predicted molar refractivity (Wildman–Crippen MR) is 396 cm³/mol. The van der Waals surface area contributed by atoms with Crippen molar-refractivity contribution < 1.29 is 42.1 Å². The molecule has 92 heavy (non-hydrogen) atoms. The van der Waals surface area contributed by atoms with E-state index in [9.17, 15) is 19.0 Å². The number of carbonyl (C=O) groups is 2. The fraction of sp³-hybridized carbons (Fsp3) is 0.585. The molecule has 2 unspecified atom stereocenters. The highest BCUT2D eigenvalue weighted by molar-refractivity contribution is 7.45. The van der Waals surface area contributed by atoms with Crippen LogP contribution < -0.4 is 4.89 Å². The molecule has 0 bridgehead atoms. The molecule has 518 valence electrons. The second kappa shape index (κ2) is 70.2. The summed E-state index contributed by atoms with van der Waals surface area (Å²) in [5, 5.41) is 0. The zero-order valence-corrected chi connectivity index (χ0v) is 59.8. The summed E-state index contributed by atoms with van der Waals surface area (Å²) in [7, 11) is 1.13. The van der Waals surface area contributed by atoms with E-state index in [0.717, 1.165) is 161 Å². The predicted octanol–water partition coefficient (Wildman–Crippen LogP) is 23.4. The summed E-state index contributed by atoms with van der Waals surface area (Å²) >= 11 is 0. The Morgan fingerprint density at radius 1 is 0.337 bits per heavy atom. The normalized spacial score (nSPS) is 14.3. The summed E-state index contributed by atoms with van der Waals surface area (Å²) < 4.78 is 34.3. The van der Waals surface area contributed by atoms with Gasteiger partial charge in [-0.3, -0.25) is 14.2 Å². The average Bonchev–Trinajstić information content (AvgIpc) is 2.34. The quantitative estimate of drug-likeness (QED) is 0.0195. The van der Waals surface area contributed by atoms with Crippen LogP contribution in [-0.2, 0) is 32.7 Å². The molecule has 0 amide bonds. The standard InChI is InChI=1S/C82H132NO8P/c1-6-8-10-12-14-16-18-20-22-24-26-28-30-32-34-36-38-39-40-41-42-43-45-47-49-51-53-55-57-59-61-63-65-67-69-71-73-75-82(85)91-80(79-90-92(86,87)89-77-76-83(3,4)5)78-88-81(84)74-72-70-68-66-64-62-60-58-56-54-52-50-48-46-44-37-35-33-31-29-27-25-23-21-19-17-15-13-11-9-7-2/h8-11,14-17,20-23,26-29,32-35,38-39,41-42,44-47,51,53,57,59,80H,6-7,12-13,18-19,24-25,30-31,36-37,40,43,48-50,52,54-56,58,60-79H2,1-5H3/b10-8-,11-9-,16-14-,17-15-,22-20-,23-21-,28-26-,29-27-,34-32-,35-33-,39-38-,42-41-,46-44-,47-45-,53-51-,59-57-. The third kappa shape index (κ3) is 73.9. The monoisotopic (exact) mass is 1290 g/mol. The van der Waals surface area contributed by atoms with Crippen LogP contribution in [0.4, 0.5) is 0 Å². The molecule has 10 heteroatoms. The van der Waals surface area contributed by atoms with Gasteiger partial charge in [-0.15, -0.1) is 0 Å². The molecule has 0 radical (unpaired) electrons. The van der Waals surface area contributed by atoms with Gasteiger partial charge in [-0.2, -0.15) is 0 Å². The van der Waals surface area contributed by atoms with Crippen molar-refractivity contribution in [2.75, 3.05) is 47.5 Å². The molecule has 0 heterocycles. The summed E-state index contributed by atoms with van der Waals surface area (Å²) in [6.45, 7) is 3.98. The molecule has 0 saturated heterocycles. The Balaban J connectivity index is 4.16. The first-order valence-corrected chi connectivity index (χ1v) is 37.6. The number of phosphoric acid groups is 1. The Morgan fingerprint density at radius 3 is 0.870 bits per heavy atom. The largest absolute Gasteiger partial charge is 0.756 e. The summed E-state index contributed by atoms with van der Waals surface area (Å²) in [6, 6.07) is 0. The van der Waals surface area contributed by atoms with Crippen LogP contribution in [0.2, 0.25) is 0 Å². The Hall–Kier alpha value is -5.15. The van der Waals surface area contributed by atoms with E-state index in [4.69, 9.17) is 18.5 Å². The van der Waals surface area contributed by atoms with Crippen molar-refractivity contribution in [3.63, 3.8) is 0 Å². The number of esters is 2. The summed E-state index contributed by atoms with van der Waals surface area (Å²) in [4.78, 5) is 38.1. The minimum Gasteiger partial charge on any atom is -0.756 e. The zero-order chi connectivity index (χ0) is 66.9. The lowest BCUT2D eigenvalue weighted by atomic mass is 10.0. The lowest BCUT2D eigenvalue weighted by Crippen LogP contribution is -2.37. The minimum atomic E-state index is -4.66. The summed E-state index contributed by atoms with van der Waals surface area (Å²) in [5.74, 6) is -0.864. The maximum atomic E-state index is 12.9. The molecule has 0 aromatic rings. The van der Waals surface area contributed by atoms with Crippen molar-refractivity contribution in [3.8, 4) is 0 Å². The van der Waals surface area contributed by atoms with Gasteiger partial charge in [-0.25, -0.2) is 0 Å². The first kappa shape index (κ1) is 86.9. The van der Waals surface area contributed by atoms with Crippen molar-refractivity contribution in [2.24, 2.45) is 0 Å². The van der Waals surface area contributed by atoms with Crippen LogP contribution in [0, 0.1) is 0 Å². The van der Waals surface area contributed by atoms with E-state index in [-0.39, 0.29) is 26.1 Å². The Bertz CT molecular complexity index is 2260. The average molecular weight is 1290 g/mol. The molecule has 0 aliphatic rings. The maximum Gasteiger partial charge on any atom is 0.306 e. The topological polar surface area (TPSA) is 111 Å². The van der Waals surface area contributed by atoms with Gasteiger partial charge in [0, 0.05) is 12.8 Å². The van der Waals surface area contributed by atoms with Crippen molar-refractivity contribution in [2.45, 2.75) is 264 Å². The highest BCUT2D eigenvalue weighted by atomic mass is 31.2. The molecule has 0 aromatic carbocycles. The number of hydrogen-bond acceptors (Lipinski definition) is 8. The first-order chi connectivity index (χ1) is 45.0. The van der Waals surface area contributed by atoms with Gasteiger partial charge >= 0.3 is 11.9 Å². The molecule has 9 nitrogen and oxygen atoms in total. The van der Waals surface area contributed by atoms with Crippen molar-refractivity contribution in [1.29, 1.82) is 0 Å². The SMILES string of the molecule is CC/C=C\C/C=C\C/C=C\C/C=C\C/C=C\C/C=C\C/C=C\C/C=C\C/C=C\C/C=C\CCCCCCCCC(=O)OC(COC(=O)CCCCCCCCCCCCCC/C=C\C/C=C\C/C=C\C/C=C\C/C=C\C/C=C\CC)COP(=O)([O-])OCC[N+](C)(C)C. The van der Waals surface area contributed by atoms with Gasteiger partial charge in [0.05, 0.1) is 27.7 Å². The number of nitrogens with zero attached hydrogens (tertiary/aromatic N) is 1. The second-order valence-electron chi connectivity index (χ2n) is 24.5. The van der Waals surface area contributed by atoms with E-state index < -0.39 is 32.5 Å². The van der Waals surface area contributed by atoms with Gasteiger partial charge in [0.25, 0.3) is 7.82 Å². The number of ether oxygens (including phenoxy) is 2. The van der Waals surface area contributed by atoms with E-state index in [1.165, 1.54) is 57.8 Å². The highest BCUT2D eigenvalue weighted by Gasteiger charge is 2.22. The van der Waals surface area contributed by atoms with Gasteiger partial charge in [-0.05, 0) is 141 Å². The van der Waals surface area contributed by atoms with E-state index >= 15 is 0 Å². The fourth-order valence-electron chi connectivity index (χ4n) is 9.16. The minimum absolute atomic E-state index is 0.0445. The number of hydrogen-bond donors (Lipinski definition) is 0. The molecule has 0 aromatic heterocycles. The molecule has 0 aliphatic heterocycles. The molecule has 0 N–H and O–H groups in total. The van der Waals surface area contributed by atoms with E-state index in [0.29, 0.717) is 23.9 Å². The van der Waals surface area contributed by atoms with Crippen molar-refractivity contribution in [3.05, 3.63) is 194 Å². The lowest BCUT2D eigenvalue weighted by molar-refractivity contribution is -0.870. The number of likely N-dealkylation sites (N-methyl/N-ethyl adjacent to an activating group) is 1. The smallest absolute Gasteiger partial charge is 0.306 e. The van der Waals surface area contributed by atoms with Crippen LogP contribution in [0.1, 0.15) is 258 Å². The summed E-state index contributed by atoms with van der Waals surface area (Å²) in [6.07, 6.45) is 109. The van der Waals surface area contributed by atoms with Crippen LogP contribution in [-0.4, -0.2) is 70.0 Å². The van der Waals surface area contributed by atoms with Gasteiger partial charge in [0.1, 0.15) is 19.8 Å². The Labute approximate surface area is 564 Å². The first-order valence-electron chi connectivity index (χ1n) is 36.1. The molecule has 0 aliphatic carbocycles. The van der Waals surface area contributed by atoms with Crippen molar-refractivity contribution >= 4 is 19.8 Å². The molecular weight excluding hydrogens is 1160 g/mol. The van der Waals surface area contributed by atoms with Crippen LogP contribution in [0.15, 0.2) is 194 Å². The molecule has 0 rings (SSSR count). The zero-order valence-electron chi connectivity index (χ0n) is 58.9. The number of unbranched alkanes of at least 4 members (excludes halogenated alkanes) is 18. The highest BCUT2D eigenvalue weighted by Crippen LogP contribution is 2.38. The number of quaternary nitrogens is 1. The number of carbonyl (C=O) groups excluding carboxylic acids is 2. The van der Waals surface area contributed by atoms with Gasteiger partial charge < -0.3 is 27.9 Å². The molecule has 2 atom stereocenters. The number of phosphoric ester groups is 1. The van der Waals surface area contributed by atoms with Crippen LogP contribution >= 0.6 is 7.82 Å². The third-order valence-corrected chi connectivity index (χ3v) is 15.6. The van der Waals surface area contributed by atoms with Crippen molar-refractivity contribution in [1.82, 2.24) is 0 Å². The second-order valence-corrected chi connectivity index (χ2v) is 25.9. The number of rotatable bonds is 64. The maximum absolute atomic E-state index is 12.9. The van der Waals surface area contributed by atoms with Crippen LogP contribution in [0.25, 0.3) is 0 Å². The van der Waals surface area contributed by atoms with Gasteiger partial charge in [-0.1, -0.05) is 298 Å². The molecule has 0 fully saturated rings. The molecular formula is C82H132NO8P. The Morgan fingerprint density at radius 2 is 0.587 bits per heavy atom. The van der Waals surface area contributed by atoms with Gasteiger partial charge in [0.2, 0.25) is 0 Å². The van der Waals surface area contributed by atoms with E-state index in [1.54, 1.807) is 0 Å². The van der Waals surface area contributed by atoms with Crippen LogP contribution in [0.5, 0.6) is 0 Å². The van der Waals surface area contributed by atoms with E-state index in [1.807, 2.05) is 21.1 Å². The number of allylic oxidation sites excluding steroid dienone is 32. The van der Waals surface area contributed by atoms with Crippen LogP contribution in [0.3, 0.4) is 0 Å². The molecule has 0 spiro atoms. The van der Waals surface area contributed by atoms with E-state index in [2.05, 4.69) is 208 Å². The lowest BCUT2D eigenvalue weighted by Gasteiger charge is -2.28. The van der Waals surface area contributed by atoms with Gasteiger partial charge in [0.15, 0.2) is 6.10 Å². The molecule has 0 saturated carbocycles. The summed E-state index contributed by atoms with van der Waals surface area (Å²) in [5.41, 5.74) is 0. The third-order valence-electron chi connectivity index (χ3n) is 14.6. The fourth-order valence-corrected chi connectivity index (χ4v) is 9.89. The Kier molecular flexibility index (Phi) is 66.2.